The van der Waals surface area contributed by atoms with Crippen LogP contribution in [0.4, 0.5) is 0 Å². The number of furan rings is 1. The topological polar surface area (TPSA) is 43.1 Å². The van der Waals surface area contributed by atoms with Gasteiger partial charge >= 0.3 is 0 Å². The van der Waals surface area contributed by atoms with Crippen molar-refractivity contribution in [1.82, 2.24) is 4.98 Å². The third-order valence-corrected chi connectivity index (χ3v) is 4.75. The number of aromatic nitrogens is 1. The van der Waals surface area contributed by atoms with Crippen molar-refractivity contribution in [3.8, 4) is 11.3 Å². The van der Waals surface area contributed by atoms with Crippen LogP contribution < -0.4 is 0 Å². The number of benzene rings is 3. The van der Waals surface area contributed by atoms with Crippen LogP contribution in [-0.2, 0) is 0 Å². The van der Waals surface area contributed by atoms with Crippen molar-refractivity contribution in [3.63, 3.8) is 0 Å². The molecule has 0 aliphatic rings. The molecule has 128 valence electrons. The molecule has 0 saturated carbocycles. The molecule has 3 aromatic carbocycles. The summed E-state index contributed by atoms with van der Waals surface area (Å²) in [7, 11) is 0. The first kappa shape index (κ1) is 15.5. The van der Waals surface area contributed by atoms with Crippen LogP contribution in [-0.4, -0.2) is 10.8 Å². The Hall–Kier alpha value is -3.72. The zero-order chi connectivity index (χ0) is 18.2. The first-order valence-electron chi connectivity index (χ1n) is 8.77. The zero-order valence-corrected chi connectivity index (χ0v) is 14.4. The van der Waals surface area contributed by atoms with E-state index in [2.05, 4.69) is 18.2 Å². The van der Waals surface area contributed by atoms with Gasteiger partial charge in [0.1, 0.15) is 0 Å². The second-order valence-corrected chi connectivity index (χ2v) is 6.42. The number of fused-ring (bicyclic) bond motifs is 3. The lowest BCUT2D eigenvalue weighted by Crippen LogP contribution is -2.04. The van der Waals surface area contributed by atoms with Crippen LogP contribution in [0.15, 0.2) is 95.6 Å². The minimum Gasteiger partial charge on any atom is -0.461 e. The Labute approximate surface area is 155 Å². The average molecular weight is 349 g/mol. The molecule has 3 heteroatoms. The summed E-state index contributed by atoms with van der Waals surface area (Å²) in [6, 6.07) is 27.3. The molecule has 2 aromatic heterocycles. The number of nitrogens with zero attached hydrogens (tertiary/aromatic N) is 1. The molecule has 0 aliphatic carbocycles. The van der Waals surface area contributed by atoms with Crippen molar-refractivity contribution in [2.24, 2.45) is 0 Å². The molecular formula is C24H15NO2. The Kier molecular flexibility index (Phi) is 3.58. The molecule has 0 N–H and O–H groups in total. The lowest BCUT2D eigenvalue weighted by Gasteiger charge is -2.11. The third-order valence-electron chi connectivity index (χ3n) is 4.75. The fraction of sp³-hybridized carbons (Fsp3) is 0. The number of rotatable bonds is 3. The van der Waals surface area contributed by atoms with Crippen LogP contribution in [0.2, 0.25) is 0 Å². The van der Waals surface area contributed by atoms with E-state index in [1.807, 2.05) is 54.6 Å². The van der Waals surface area contributed by atoms with Gasteiger partial charge in [0, 0.05) is 16.3 Å². The lowest BCUT2D eigenvalue weighted by atomic mass is 9.97. The monoisotopic (exact) mass is 349 g/mol. The molecule has 27 heavy (non-hydrogen) atoms. The second kappa shape index (κ2) is 6.22. The molecule has 2 heterocycles. The summed E-state index contributed by atoms with van der Waals surface area (Å²) in [5.74, 6) is 0.149. The Morgan fingerprint density at radius 1 is 0.778 bits per heavy atom. The van der Waals surface area contributed by atoms with Crippen LogP contribution in [0.3, 0.4) is 0 Å². The Balaban J connectivity index is 1.85. The number of carbonyl (C=O) groups excluding carboxylic acids is 1. The summed E-state index contributed by atoms with van der Waals surface area (Å²) in [6.45, 7) is 0. The van der Waals surface area contributed by atoms with Gasteiger partial charge in [-0.3, -0.25) is 4.79 Å². The SMILES string of the molecule is O=C(c1ccco1)c1cc2ccc3ccccc3c2nc1-c1ccccc1. The van der Waals surface area contributed by atoms with Crippen LogP contribution >= 0.6 is 0 Å². The molecule has 0 radical (unpaired) electrons. The number of ketones is 1. The van der Waals surface area contributed by atoms with E-state index in [0.29, 0.717) is 17.0 Å². The molecule has 0 spiro atoms. The van der Waals surface area contributed by atoms with Gasteiger partial charge in [-0.15, -0.1) is 0 Å². The molecule has 0 fully saturated rings. The lowest BCUT2D eigenvalue weighted by molar-refractivity contribution is 0.101. The maximum absolute atomic E-state index is 13.1. The minimum absolute atomic E-state index is 0.165. The van der Waals surface area contributed by atoms with E-state index < -0.39 is 0 Å². The van der Waals surface area contributed by atoms with E-state index in [1.165, 1.54) is 6.26 Å². The Morgan fingerprint density at radius 2 is 1.56 bits per heavy atom. The zero-order valence-electron chi connectivity index (χ0n) is 14.4. The van der Waals surface area contributed by atoms with Crippen molar-refractivity contribution in [3.05, 3.63) is 103 Å². The summed E-state index contributed by atoms with van der Waals surface area (Å²) in [5.41, 5.74) is 3.00. The van der Waals surface area contributed by atoms with E-state index >= 15 is 0 Å². The predicted molar refractivity (Wildman–Crippen MR) is 107 cm³/mol. The summed E-state index contributed by atoms with van der Waals surface area (Å²) >= 11 is 0. The maximum atomic E-state index is 13.1. The average Bonchev–Trinajstić information content (AvgIpc) is 3.28. The largest absolute Gasteiger partial charge is 0.461 e. The molecule has 0 bridgehead atoms. The standard InChI is InChI=1S/C24H15NO2/c26-24(21-11-6-14-27-21)20-15-18-13-12-16-7-4-5-10-19(16)23(18)25-22(20)17-8-2-1-3-9-17/h1-15H. The highest BCUT2D eigenvalue weighted by Gasteiger charge is 2.20. The number of hydrogen-bond donors (Lipinski definition) is 0. The summed E-state index contributed by atoms with van der Waals surface area (Å²) in [6.07, 6.45) is 1.51. The van der Waals surface area contributed by atoms with Crippen LogP contribution in [0.1, 0.15) is 16.1 Å². The highest BCUT2D eigenvalue weighted by atomic mass is 16.3. The number of pyridine rings is 1. The molecule has 0 unspecified atom stereocenters. The Morgan fingerprint density at radius 3 is 2.37 bits per heavy atom. The van der Waals surface area contributed by atoms with Gasteiger partial charge in [0.05, 0.1) is 23.0 Å². The molecule has 0 saturated heterocycles. The molecule has 0 atom stereocenters. The molecule has 5 rings (SSSR count). The first-order valence-corrected chi connectivity index (χ1v) is 8.77. The number of carbonyl (C=O) groups is 1. The molecular weight excluding hydrogens is 334 g/mol. The van der Waals surface area contributed by atoms with Crippen molar-refractivity contribution >= 4 is 27.5 Å². The predicted octanol–water partition coefficient (Wildman–Crippen LogP) is 5.88. The van der Waals surface area contributed by atoms with Crippen molar-refractivity contribution < 1.29 is 9.21 Å². The van der Waals surface area contributed by atoms with Crippen LogP contribution in [0.25, 0.3) is 32.9 Å². The van der Waals surface area contributed by atoms with Crippen LogP contribution in [0, 0.1) is 0 Å². The molecule has 0 amide bonds. The van der Waals surface area contributed by atoms with Crippen molar-refractivity contribution in [2.45, 2.75) is 0 Å². The highest BCUT2D eigenvalue weighted by molar-refractivity contribution is 6.14. The summed E-state index contributed by atoms with van der Waals surface area (Å²) in [5, 5.41) is 3.13. The smallest absolute Gasteiger partial charge is 0.230 e. The van der Waals surface area contributed by atoms with E-state index in [4.69, 9.17) is 9.40 Å². The van der Waals surface area contributed by atoms with E-state index in [0.717, 1.165) is 27.2 Å². The van der Waals surface area contributed by atoms with Gasteiger partial charge in [-0.25, -0.2) is 4.98 Å². The first-order chi connectivity index (χ1) is 13.3. The maximum Gasteiger partial charge on any atom is 0.230 e. The van der Waals surface area contributed by atoms with Crippen molar-refractivity contribution in [2.75, 3.05) is 0 Å². The van der Waals surface area contributed by atoms with Gasteiger partial charge in [-0.2, -0.15) is 0 Å². The minimum atomic E-state index is -0.165. The normalized spacial score (nSPS) is 11.1. The quantitative estimate of drug-likeness (QED) is 0.302. The number of hydrogen-bond acceptors (Lipinski definition) is 3. The van der Waals surface area contributed by atoms with E-state index in [9.17, 15) is 4.79 Å². The van der Waals surface area contributed by atoms with E-state index in [1.54, 1.807) is 12.1 Å². The third kappa shape index (κ3) is 2.61. The van der Waals surface area contributed by atoms with Gasteiger partial charge < -0.3 is 4.42 Å². The van der Waals surface area contributed by atoms with Crippen LogP contribution in [0.5, 0.6) is 0 Å². The van der Waals surface area contributed by atoms with Gasteiger partial charge in [0.15, 0.2) is 5.76 Å². The van der Waals surface area contributed by atoms with Crippen molar-refractivity contribution in [1.29, 1.82) is 0 Å². The summed E-state index contributed by atoms with van der Waals surface area (Å²) < 4.78 is 5.35. The van der Waals surface area contributed by atoms with E-state index in [-0.39, 0.29) is 5.78 Å². The van der Waals surface area contributed by atoms with Gasteiger partial charge in [-0.1, -0.05) is 66.7 Å². The van der Waals surface area contributed by atoms with Gasteiger partial charge in [0.2, 0.25) is 5.78 Å². The van der Waals surface area contributed by atoms with Gasteiger partial charge in [0.25, 0.3) is 0 Å². The Bertz CT molecular complexity index is 1270. The molecule has 3 nitrogen and oxygen atoms in total. The second-order valence-electron chi connectivity index (χ2n) is 6.42. The summed E-state index contributed by atoms with van der Waals surface area (Å²) in [4.78, 5) is 18.0. The highest BCUT2D eigenvalue weighted by Crippen LogP contribution is 2.31. The molecule has 5 aromatic rings. The molecule has 0 aliphatic heterocycles. The fourth-order valence-electron chi connectivity index (χ4n) is 3.44. The van der Waals surface area contributed by atoms with Gasteiger partial charge in [-0.05, 0) is 23.6 Å². The fourth-order valence-corrected chi connectivity index (χ4v) is 3.44.